The van der Waals surface area contributed by atoms with Gasteiger partial charge in [-0.25, -0.2) is 4.58 Å². The van der Waals surface area contributed by atoms with Crippen LogP contribution in [0, 0.1) is 11.8 Å². The maximum atomic E-state index is 9.96. The van der Waals surface area contributed by atoms with Crippen LogP contribution in [0.25, 0.3) is 0 Å². The van der Waals surface area contributed by atoms with E-state index in [1.165, 1.54) is 43.2 Å². The van der Waals surface area contributed by atoms with E-state index in [0.29, 0.717) is 12.0 Å². The molecule has 1 heterocycles. The van der Waals surface area contributed by atoms with Gasteiger partial charge in [0.15, 0.2) is 18.0 Å². The summed E-state index contributed by atoms with van der Waals surface area (Å²) >= 11 is 0. The summed E-state index contributed by atoms with van der Waals surface area (Å²) in [4.78, 5) is 0. The quantitative estimate of drug-likeness (QED) is 0.521. The molecular formula is C21H27N2O2+. The largest absolute Gasteiger partial charge is 0.497 e. The van der Waals surface area contributed by atoms with E-state index in [2.05, 4.69) is 34.1 Å². The van der Waals surface area contributed by atoms with Crippen molar-refractivity contribution in [2.24, 2.45) is 17.0 Å². The zero-order chi connectivity index (χ0) is 17.0. The number of fused-ring (bicyclic) bond motifs is 1. The monoisotopic (exact) mass is 339 g/mol. The first kappa shape index (κ1) is 15.4. The Morgan fingerprint density at radius 1 is 1.28 bits per heavy atom. The van der Waals surface area contributed by atoms with Crippen molar-refractivity contribution >= 4 is 11.9 Å². The van der Waals surface area contributed by atoms with Crippen molar-refractivity contribution in [3.63, 3.8) is 0 Å². The van der Waals surface area contributed by atoms with Gasteiger partial charge in [0.05, 0.1) is 12.5 Å². The van der Waals surface area contributed by atoms with Gasteiger partial charge in [-0.1, -0.05) is 24.1 Å². The SMILES string of the molecule is COc1ccc2c(c1)C13CCCCC1C(C2)[N+](CC1CC1)=CC3=NO. The Balaban J connectivity index is 1.70. The number of nitrogens with zero attached hydrogens (tertiary/aromatic N) is 2. The van der Waals surface area contributed by atoms with Crippen molar-refractivity contribution in [2.75, 3.05) is 13.7 Å². The van der Waals surface area contributed by atoms with Crippen LogP contribution in [0.2, 0.25) is 0 Å². The lowest BCUT2D eigenvalue weighted by Crippen LogP contribution is -2.62. The van der Waals surface area contributed by atoms with Crippen LogP contribution in [-0.4, -0.2) is 41.4 Å². The molecular weight excluding hydrogens is 312 g/mol. The van der Waals surface area contributed by atoms with E-state index in [9.17, 15) is 5.21 Å². The summed E-state index contributed by atoms with van der Waals surface area (Å²) in [5.41, 5.74) is 3.52. The molecule has 2 saturated carbocycles. The Morgan fingerprint density at radius 2 is 2.16 bits per heavy atom. The highest BCUT2D eigenvalue weighted by Gasteiger charge is 2.60. The number of ether oxygens (including phenoxy) is 1. The molecule has 2 fully saturated rings. The van der Waals surface area contributed by atoms with E-state index >= 15 is 0 Å². The lowest BCUT2D eigenvalue weighted by molar-refractivity contribution is -0.578. The fourth-order valence-corrected chi connectivity index (χ4v) is 5.77. The molecule has 4 aliphatic rings. The zero-order valence-electron chi connectivity index (χ0n) is 14.9. The standard InChI is InChI=1S/C21H26N2O2/c1-25-16-8-7-15-10-19-17-4-2-3-9-21(17,18(15)11-16)20(22-24)13-23(19)12-14-5-6-14/h7-8,11,13-14,17,19H,2-6,9-10,12H2,1H3/p+1. The van der Waals surface area contributed by atoms with E-state index in [1.54, 1.807) is 7.11 Å². The van der Waals surface area contributed by atoms with Crippen LogP contribution < -0.4 is 4.74 Å². The molecule has 0 aromatic heterocycles. The molecule has 0 amide bonds. The Morgan fingerprint density at radius 3 is 2.92 bits per heavy atom. The molecule has 0 spiro atoms. The Labute approximate surface area is 149 Å². The summed E-state index contributed by atoms with van der Waals surface area (Å²) in [7, 11) is 1.73. The molecule has 0 radical (unpaired) electrons. The lowest BCUT2D eigenvalue weighted by Gasteiger charge is -2.51. The molecule has 3 aliphatic carbocycles. The van der Waals surface area contributed by atoms with E-state index in [1.807, 2.05) is 0 Å². The number of hydrogen-bond acceptors (Lipinski definition) is 3. The van der Waals surface area contributed by atoms with Crippen molar-refractivity contribution in [3.05, 3.63) is 29.3 Å². The van der Waals surface area contributed by atoms with Crippen molar-refractivity contribution in [1.29, 1.82) is 0 Å². The minimum absolute atomic E-state index is 0.125. The van der Waals surface area contributed by atoms with Crippen LogP contribution in [0.3, 0.4) is 0 Å². The first-order valence-electron chi connectivity index (χ1n) is 9.77. The molecule has 3 atom stereocenters. The molecule has 1 aliphatic heterocycles. The van der Waals surface area contributed by atoms with E-state index in [4.69, 9.17) is 4.74 Å². The van der Waals surface area contributed by atoms with Crippen LogP contribution in [-0.2, 0) is 11.8 Å². The highest BCUT2D eigenvalue weighted by Crippen LogP contribution is 2.54. The summed E-state index contributed by atoms with van der Waals surface area (Å²) in [6.45, 7) is 1.13. The highest BCUT2D eigenvalue weighted by atomic mass is 16.5. The summed E-state index contributed by atoms with van der Waals surface area (Å²) in [6.07, 6.45) is 10.8. The van der Waals surface area contributed by atoms with Gasteiger partial charge in [-0.15, -0.1) is 0 Å². The van der Waals surface area contributed by atoms with Crippen molar-refractivity contribution < 1.29 is 14.5 Å². The van der Waals surface area contributed by atoms with E-state index in [-0.39, 0.29) is 5.41 Å². The van der Waals surface area contributed by atoms with E-state index in [0.717, 1.165) is 36.8 Å². The fourth-order valence-electron chi connectivity index (χ4n) is 5.77. The second-order valence-electron chi connectivity index (χ2n) is 8.37. The molecule has 4 nitrogen and oxygen atoms in total. The molecule has 1 aromatic rings. The zero-order valence-corrected chi connectivity index (χ0v) is 14.9. The van der Waals surface area contributed by atoms with Gasteiger partial charge in [-0.3, -0.25) is 0 Å². The van der Waals surface area contributed by atoms with Gasteiger partial charge >= 0.3 is 0 Å². The minimum atomic E-state index is -0.125. The molecule has 25 heavy (non-hydrogen) atoms. The molecule has 2 bridgehead atoms. The number of rotatable bonds is 3. The highest BCUT2D eigenvalue weighted by molar-refractivity contribution is 6.33. The predicted octanol–water partition coefficient (Wildman–Crippen LogP) is 3.39. The summed E-state index contributed by atoms with van der Waals surface area (Å²) in [5, 5.41) is 13.8. The Hall–Kier alpha value is -1.84. The topological polar surface area (TPSA) is 44.8 Å². The van der Waals surface area contributed by atoms with Crippen LogP contribution in [0.15, 0.2) is 23.4 Å². The van der Waals surface area contributed by atoms with Gasteiger partial charge in [0.1, 0.15) is 12.3 Å². The van der Waals surface area contributed by atoms with Gasteiger partial charge < -0.3 is 9.94 Å². The van der Waals surface area contributed by atoms with Crippen LogP contribution in [0.1, 0.15) is 49.7 Å². The van der Waals surface area contributed by atoms with E-state index < -0.39 is 0 Å². The Kier molecular flexibility index (Phi) is 3.44. The number of methoxy groups -OCH3 is 1. The van der Waals surface area contributed by atoms with Gasteiger partial charge in [0, 0.05) is 18.3 Å². The minimum Gasteiger partial charge on any atom is -0.497 e. The molecule has 1 aromatic carbocycles. The smallest absolute Gasteiger partial charge is 0.189 e. The third kappa shape index (κ3) is 2.19. The molecule has 5 rings (SSSR count). The number of oxime groups is 1. The molecule has 4 heteroatoms. The Bertz CT molecular complexity index is 765. The van der Waals surface area contributed by atoms with Crippen molar-refractivity contribution in [3.8, 4) is 5.75 Å². The summed E-state index contributed by atoms with van der Waals surface area (Å²) < 4.78 is 8.04. The van der Waals surface area contributed by atoms with Gasteiger partial charge in [0.2, 0.25) is 0 Å². The number of hydrogen-bond donors (Lipinski definition) is 1. The molecule has 1 N–H and O–H groups in total. The molecule has 3 unspecified atom stereocenters. The molecule has 0 saturated heterocycles. The van der Waals surface area contributed by atoms with Gasteiger partial charge in [-0.05, 0) is 48.9 Å². The normalized spacial score (nSPS) is 34.9. The van der Waals surface area contributed by atoms with Crippen LogP contribution in [0.5, 0.6) is 5.75 Å². The molecule has 132 valence electrons. The van der Waals surface area contributed by atoms with Crippen LogP contribution in [0.4, 0.5) is 0 Å². The average Bonchev–Trinajstić information content (AvgIpc) is 3.47. The first-order valence-corrected chi connectivity index (χ1v) is 9.77. The predicted molar refractivity (Wildman–Crippen MR) is 97.3 cm³/mol. The first-order chi connectivity index (χ1) is 12.3. The second-order valence-corrected chi connectivity index (χ2v) is 8.37. The van der Waals surface area contributed by atoms with Gasteiger partial charge in [-0.2, -0.15) is 0 Å². The van der Waals surface area contributed by atoms with Crippen molar-refractivity contribution in [1.82, 2.24) is 0 Å². The van der Waals surface area contributed by atoms with Crippen LogP contribution >= 0.6 is 0 Å². The third-order valence-electron chi connectivity index (χ3n) is 7.11. The summed E-state index contributed by atoms with van der Waals surface area (Å²) in [5.74, 6) is 2.30. The second kappa shape index (κ2) is 5.58. The number of benzene rings is 1. The maximum absolute atomic E-state index is 9.96. The lowest BCUT2D eigenvalue weighted by atomic mass is 9.52. The third-order valence-corrected chi connectivity index (χ3v) is 7.11. The average molecular weight is 339 g/mol. The maximum Gasteiger partial charge on any atom is 0.189 e. The van der Waals surface area contributed by atoms with Gasteiger partial charge in [0.25, 0.3) is 0 Å². The van der Waals surface area contributed by atoms with Crippen molar-refractivity contribution in [2.45, 2.75) is 56.4 Å². The fraction of sp³-hybridized carbons (Fsp3) is 0.619. The summed E-state index contributed by atoms with van der Waals surface area (Å²) in [6, 6.07) is 7.08.